The minimum atomic E-state index is -0.0177. The first kappa shape index (κ1) is 13.1. The van der Waals surface area contributed by atoms with Crippen molar-refractivity contribution < 1.29 is 0 Å². The zero-order chi connectivity index (χ0) is 13.1. The summed E-state index contributed by atoms with van der Waals surface area (Å²) in [6.07, 6.45) is 0. The second-order valence-corrected chi connectivity index (χ2v) is 5.84. The van der Waals surface area contributed by atoms with Gasteiger partial charge in [-0.25, -0.2) is 9.97 Å². The molecule has 2 aromatic rings. The molecule has 0 bridgehead atoms. The van der Waals surface area contributed by atoms with Gasteiger partial charge in [0.15, 0.2) is 5.16 Å². The Bertz CT molecular complexity index is 492. The number of hydrogen-bond donors (Lipinski definition) is 3. The molecule has 0 aliphatic heterocycles. The molecule has 0 spiro atoms. The average Bonchev–Trinajstić information content (AvgIpc) is 2.77. The molecule has 2 heterocycles. The Morgan fingerprint density at radius 3 is 2.44 bits per heavy atom. The van der Waals surface area contributed by atoms with E-state index in [9.17, 15) is 0 Å². The number of thioether (sulfide) groups is 1. The Labute approximate surface area is 114 Å². The first-order valence-corrected chi connectivity index (χ1v) is 7.23. The number of hydrogen-bond acceptors (Lipinski definition) is 7. The van der Waals surface area contributed by atoms with E-state index >= 15 is 0 Å². The molecule has 6 N–H and O–H groups in total. The van der Waals surface area contributed by atoms with Crippen molar-refractivity contribution in [2.75, 3.05) is 11.5 Å². The minimum absolute atomic E-state index is 0.0177. The van der Waals surface area contributed by atoms with Gasteiger partial charge in [-0.1, -0.05) is 11.8 Å². The average molecular weight is 281 g/mol. The SMILES string of the molecule is CC(N)C(Sc1nc(N)cc(N)n1)c1ccsc1. The lowest BCUT2D eigenvalue weighted by Gasteiger charge is -2.18. The molecule has 0 radical (unpaired) electrons. The van der Waals surface area contributed by atoms with Gasteiger partial charge in [-0.2, -0.15) is 11.3 Å². The highest BCUT2D eigenvalue weighted by atomic mass is 32.2. The van der Waals surface area contributed by atoms with Crippen molar-refractivity contribution in [2.45, 2.75) is 23.4 Å². The molecule has 0 aliphatic rings. The van der Waals surface area contributed by atoms with Crippen molar-refractivity contribution >= 4 is 34.7 Å². The van der Waals surface area contributed by atoms with Gasteiger partial charge < -0.3 is 17.2 Å². The molecular weight excluding hydrogens is 266 g/mol. The molecule has 0 amide bonds. The molecule has 0 saturated carbocycles. The Hall–Kier alpha value is -1.31. The standard InChI is InChI=1S/C11H15N5S2/c1-6(12)10(7-2-3-17-5-7)18-11-15-8(13)4-9(14)16-11/h2-6,10H,12H2,1H3,(H4,13,14,15,16). The van der Waals surface area contributed by atoms with Crippen molar-refractivity contribution in [1.29, 1.82) is 0 Å². The van der Waals surface area contributed by atoms with E-state index in [1.54, 1.807) is 11.3 Å². The van der Waals surface area contributed by atoms with Crippen LogP contribution in [0.1, 0.15) is 17.7 Å². The summed E-state index contributed by atoms with van der Waals surface area (Å²) in [4.78, 5) is 8.33. The van der Waals surface area contributed by atoms with E-state index in [4.69, 9.17) is 17.2 Å². The van der Waals surface area contributed by atoms with Crippen molar-refractivity contribution in [3.05, 3.63) is 28.5 Å². The fourth-order valence-corrected chi connectivity index (χ4v) is 3.37. The zero-order valence-electron chi connectivity index (χ0n) is 9.91. The number of aromatic nitrogens is 2. The third-order valence-corrected chi connectivity index (χ3v) is 4.38. The van der Waals surface area contributed by atoms with Crippen LogP contribution in [0, 0.1) is 0 Å². The lowest BCUT2D eigenvalue weighted by molar-refractivity contribution is 0.720. The smallest absolute Gasteiger partial charge is 0.192 e. The minimum Gasteiger partial charge on any atom is -0.383 e. The number of rotatable bonds is 4. The van der Waals surface area contributed by atoms with Crippen LogP contribution in [-0.2, 0) is 0 Å². The first-order valence-electron chi connectivity index (χ1n) is 5.40. The summed E-state index contributed by atoms with van der Waals surface area (Å²) in [5.74, 6) is 0.748. The fourth-order valence-electron chi connectivity index (χ4n) is 1.54. The van der Waals surface area contributed by atoms with E-state index in [0.29, 0.717) is 16.8 Å². The normalized spacial score (nSPS) is 14.3. The quantitative estimate of drug-likeness (QED) is 0.584. The van der Waals surface area contributed by atoms with Crippen molar-refractivity contribution in [1.82, 2.24) is 9.97 Å². The fraction of sp³-hybridized carbons (Fsp3) is 0.273. The molecule has 96 valence electrons. The summed E-state index contributed by atoms with van der Waals surface area (Å²) in [7, 11) is 0. The third kappa shape index (κ3) is 3.12. The topological polar surface area (TPSA) is 104 Å². The first-order chi connectivity index (χ1) is 8.56. The van der Waals surface area contributed by atoms with Crippen LogP contribution < -0.4 is 17.2 Å². The molecule has 0 saturated heterocycles. The summed E-state index contributed by atoms with van der Waals surface area (Å²) in [6, 6.07) is 3.58. The number of thiophene rings is 1. The second kappa shape index (κ2) is 5.55. The van der Waals surface area contributed by atoms with E-state index in [1.807, 2.05) is 12.3 Å². The van der Waals surface area contributed by atoms with Gasteiger partial charge in [0.2, 0.25) is 0 Å². The predicted octanol–water partition coefficient (Wildman–Crippen LogP) is 1.88. The summed E-state index contributed by atoms with van der Waals surface area (Å²) >= 11 is 3.13. The van der Waals surface area contributed by atoms with Gasteiger partial charge in [0.1, 0.15) is 11.6 Å². The van der Waals surface area contributed by atoms with Crippen LogP contribution in [0.4, 0.5) is 11.6 Å². The maximum absolute atomic E-state index is 6.02. The number of nitrogens with zero attached hydrogens (tertiary/aromatic N) is 2. The maximum Gasteiger partial charge on any atom is 0.192 e. The van der Waals surface area contributed by atoms with Gasteiger partial charge in [0, 0.05) is 12.1 Å². The summed E-state index contributed by atoms with van der Waals surface area (Å²) in [6.45, 7) is 1.96. The van der Waals surface area contributed by atoms with Gasteiger partial charge in [-0.05, 0) is 29.3 Å². The van der Waals surface area contributed by atoms with E-state index in [2.05, 4.69) is 21.4 Å². The zero-order valence-corrected chi connectivity index (χ0v) is 11.5. The molecule has 0 aromatic carbocycles. The van der Waals surface area contributed by atoms with E-state index in [1.165, 1.54) is 23.4 Å². The molecule has 2 aromatic heterocycles. The van der Waals surface area contributed by atoms with Crippen LogP contribution in [0.2, 0.25) is 0 Å². The van der Waals surface area contributed by atoms with Gasteiger partial charge in [0.25, 0.3) is 0 Å². The molecule has 5 nitrogen and oxygen atoms in total. The molecule has 0 aliphatic carbocycles. The predicted molar refractivity (Wildman–Crippen MR) is 77.4 cm³/mol. The third-order valence-electron chi connectivity index (χ3n) is 2.33. The lowest BCUT2D eigenvalue weighted by Crippen LogP contribution is -2.22. The molecule has 7 heteroatoms. The summed E-state index contributed by atoms with van der Waals surface area (Å²) in [5, 5.41) is 4.76. The van der Waals surface area contributed by atoms with Crippen LogP contribution in [0.15, 0.2) is 28.0 Å². The number of nitrogens with two attached hydrogens (primary N) is 3. The number of anilines is 2. The molecule has 18 heavy (non-hydrogen) atoms. The highest BCUT2D eigenvalue weighted by molar-refractivity contribution is 7.99. The Kier molecular flexibility index (Phi) is 4.05. The summed E-state index contributed by atoms with van der Waals surface area (Å²) in [5.41, 5.74) is 18.5. The van der Waals surface area contributed by atoms with Crippen LogP contribution >= 0.6 is 23.1 Å². The van der Waals surface area contributed by atoms with Gasteiger partial charge in [0.05, 0.1) is 5.25 Å². The second-order valence-electron chi connectivity index (χ2n) is 3.95. The van der Waals surface area contributed by atoms with Gasteiger partial charge in [-0.15, -0.1) is 0 Å². The molecule has 2 rings (SSSR count). The Morgan fingerprint density at radius 2 is 1.94 bits per heavy atom. The van der Waals surface area contributed by atoms with Crippen molar-refractivity contribution in [2.24, 2.45) is 5.73 Å². The Morgan fingerprint density at radius 1 is 1.28 bits per heavy atom. The van der Waals surface area contributed by atoms with Crippen molar-refractivity contribution in [3.8, 4) is 0 Å². The van der Waals surface area contributed by atoms with E-state index in [0.717, 1.165) is 0 Å². The highest BCUT2D eigenvalue weighted by Gasteiger charge is 2.20. The lowest BCUT2D eigenvalue weighted by atomic mass is 10.1. The summed E-state index contributed by atoms with van der Waals surface area (Å²) < 4.78 is 0. The maximum atomic E-state index is 6.02. The van der Waals surface area contributed by atoms with E-state index < -0.39 is 0 Å². The van der Waals surface area contributed by atoms with Gasteiger partial charge in [-0.3, -0.25) is 0 Å². The van der Waals surface area contributed by atoms with Crippen LogP contribution in [0.3, 0.4) is 0 Å². The molecule has 2 unspecified atom stereocenters. The number of nitrogen functional groups attached to an aromatic ring is 2. The van der Waals surface area contributed by atoms with Gasteiger partial charge >= 0.3 is 0 Å². The van der Waals surface area contributed by atoms with Crippen LogP contribution in [-0.4, -0.2) is 16.0 Å². The molecular formula is C11H15N5S2. The highest BCUT2D eigenvalue weighted by Crippen LogP contribution is 2.36. The van der Waals surface area contributed by atoms with Crippen molar-refractivity contribution in [3.63, 3.8) is 0 Å². The van der Waals surface area contributed by atoms with Crippen LogP contribution in [0.25, 0.3) is 0 Å². The van der Waals surface area contributed by atoms with Crippen LogP contribution in [0.5, 0.6) is 0 Å². The molecule has 2 atom stereocenters. The monoisotopic (exact) mass is 281 g/mol. The van der Waals surface area contributed by atoms with E-state index in [-0.39, 0.29) is 11.3 Å². The Balaban J connectivity index is 2.24. The molecule has 0 fully saturated rings. The largest absolute Gasteiger partial charge is 0.383 e.